The first-order chi connectivity index (χ1) is 6.70. The van der Waals surface area contributed by atoms with Gasteiger partial charge in [0, 0.05) is 12.8 Å². The average molecular weight is 192 g/mol. The van der Waals surface area contributed by atoms with Gasteiger partial charge in [-0.1, -0.05) is 37.3 Å². The Bertz CT molecular complexity index is 265. The van der Waals surface area contributed by atoms with Crippen molar-refractivity contribution in [3.05, 3.63) is 35.9 Å². The van der Waals surface area contributed by atoms with Crippen molar-refractivity contribution < 1.29 is 9.59 Å². The van der Waals surface area contributed by atoms with Crippen LogP contribution in [-0.4, -0.2) is 12.1 Å². The van der Waals surface area contributed by atoms with E-state index in [1.807, 2.05) is 37.3 Å². The molecule has 1 rings (SSSR count). The van der Waals surface area contributed by atoms with Crippen LogP contribution in [0.4, 0.5) is 0 Å². The Balaban J connectivity index is 0.000000292. The molecule has 76 valence electrons. The lowest BCUT2D eigenvalue weighted by atomic mass is 10.2. The van der Waals surface area contributed by atoms with Gasteiger partial charge >= 0.3 is 0 Å². The fraction of sp³-hybridized carbons (Fsp3) is 0.333. The third-order valence-electron chi connectivity index (χ3n) is 1.66. The van der Waals surface area contributed by atoms with Gasteiger partial charge in [0.05, 0.1) is 0 Å². The molecule has 0 N–H and O–H groups in total. The van der Waals surface area contributed by atoms with Gasteiger partial charge in [0.2, 0.25) is 0 Å². The molecular formula is C12H16O2. The van der Waals surface area contributed by atoms with Gasteiger partial charge < -0.3 is 9.59 Å². The highest BCUT2D eigenvalue weighted by molar-refractivity contribution is 5.74. The van der Waals surface area contributed by atoms with Crippen molar-refractivity contribution in [3.8, 4) is 0 Å². The van der Waals surface area contributed by atoms with Crippen molar-refractivity contribution >= 4 is 12.1 Å². The van der Waals surface area contributed by atoms with Crippen molar-refractivity contribution in [2.75, 3.05) is 0 Å². The summed E-state index contributed by atoms with van der Waals surface area (Å²) in [5, 5.41) is 0. The van der Waals surface area contributed by atoms with Gasteiger partial charge in [-0.25, -0.2) is 0 Å². The minimum Gasteiger partial charge on any atom is -0.303 e. The molecule has 0 aliphatic rings. The standard InChI is InChI=1S/C8H8O.C4H8O/c9-7-6-8-4-2-1-3-5-8;1-3-4(2)5/h1-5,7H,6H2;3H2,1-2H3. The Morgan fingerprint density at radius 3 is 2.14 bits per heavy atom. The van der Waals surface area contributed by atoms with Gasteiger partial charge in [-0.05, 0) is 12.5 Å². The zero-order chi connectivity index (χ0) is 10.8. The highest BCUT2D eigenvalue weighted by Gasteiger charge is 1.84. The van der Waals surface area contributed by atoms with Crippen LogP contribution in [0.5, 0.6) is 0 Å². The molecule has 1 aromatic rings. The largest absolute Gasteiger partial charge is 0.303 e. The molecule has 2 nitrogen and oxygen atoms in total. The maximum absolute atomic E-state index is 9.97. The van der Waals surface area contributed by atoms with E-state index in [4.69, 9.17) is 0 Å². The van der Waals surface area contributed by atoms with E-state index in [0.717, 1.165) is 11.8 Å². The van der Waals surface area contributed by atoms with Gasteiger partial charge in [-0.2, -0.15) is 0 Å². The number of benzene rings is 1. The first-order valence-corrected chi connectivity index (χ1v) is 4.67. The predicted molar refractivity (Wildman–Crippen MR) is 57.2 cm³/mol. The topological polar surface area (TPSA) is 34.1 Å². The van der Waals surface area contributed by atoms with Crippen LogP contribution >= 0.6 is 0 Å². The second-order valence-electron chi connectivity index (χ2n) is 2.91. The molecule has 0 spiro atoms. The highest BCUT2D eigenvalue weighted by atomic mass is 16.1. The highest BCUT2D eigenvalue weighted by Crippen LogP contribution is 1.96. The van der Waals surface area contributed by atoms with Crippen LogP contribution in [0.15, 0.2) is 30.3 Å². The molecule has 2 heteroatoms. The molecule has 0 aliphatic carbocycles. The van der Waals surface area contributed by atoms with Crippen LogP contribution in [0.2, 0.25) is 0 Å². The quantitative estimate of drug-likeness (QED) is 0.689. The van der Waals surface area contributed by atoms with Crippen molar-refractivity contribution in [1.29, 1.82) is 0 Å². The Morgan fingerprint density at radius 2 is 1.79 bits per heavy atom. The summed E-state index contributed by atoms with van der Waals surface area (Å²) < 4.78 is 0. The number of rotatable bonds is 3. The van der Waals surface area contributed by atoms with E-state index >= 15 is 0 Å². The minimum atomic E-state index is 0.255. The number of carbonyl (C=O) groups is 2. The number of aldehydes is 1. The summed E-state index contributed by atoms with van der Waals surface area (Å²) in [5.74, 6) is 0.255. The predicted octanol–water partition coefficient (Wildman–Crippen LogP) is 2.41. The van der Waals surface area contributed by atoms with E-state index in [1.165, 1.54) is 0 Å². The molecule has 1 aromatic carbocycles. The summed E-state index contributed by atoms with van der Waals surface area (Å²) in [5.41, 5.74) is 1.08. The Labute approximate surface area is 84.9 Å². The van der Waals surface area contributed by atoms with Gasteiger partial charge in [-0.3, -0.25) is 0 Å². The van der Waals surface area contributed by atoms with Gasteiger partial charge in [0.1, 0.15) is 12.1 Å². The Morgan fingerprint density at radius 1 is 1.29 bits per heavy atom. The zero-order valence-corrected chi connectivity index (χ0v) is 8.69. The number of ketones is 1. The normalized spacial score (nSPS) is 8.43. The summed E-state index contributed by atoms with van der Waals surface area (Å²) in [6.45, 7) is 3.43. The fourth-order valence-corrected chi connectivity index (χ4v) is 0.710. The molecule has 14 heavy (non-hydrogen) atoms. The SMILES string of the molecule is CCC(C)=O.O=CCc1ccccc1. The molecule has 0 amide bonds. The summed E-state index contributed by atoms with van der Waals surface area (Å²) in [4.78, 5) is 19.8. The maximum atomic E-state index is 9.97. The van der Waals surface area contributed by atoms with Crippen LogP contribution in [0, 0.1) is 0 Å². The molecule has 0 radical (unpaired) electrons. The number of Topliss-reactive ketones (excluding diaryl/α,β-unsaturated/α-hetero) is 1. The molecule has 0 unspecified atom stereocenters. The molecule has 0 atom stereocenters. The summed E-state index contributed by atoms with van der Waals surface area (Å²) in [7, 11) is 0. The first-order valence-electron chi connectivity index (χ1n) is 4.67. The first kappa shape index (κ1) is 12.6. The summed E-state index contributed by atoms with van der Waals surface area (Å²) in [6.07, 6.45) is 2.11. The lowest BCUT2D eigenvalue weighted by molar-refractivity contribution is -0.116. The van der Waals surface area contributed by atoms with Crippen LogP contribution in [0.1, 0.15) is 25.8 Å². The Hall–Kier alpha value is -1.44. The molecule has 0 fully saturated rings. The second kappa shape index (κ2) is 8.17. The van der Waals surface area contributed by atoms with Crippen molar-refractivity contribution in [2.24, 2.45) is 0 Å². The van der Waals surface area contributed by atoms with Crippen LogP contribution in [0.3, 0.4) is 0 Å². The third kappa shape index (κ3) is 7.22. The van der Waals surface area contributed by atoms with Crippen LogP contribution < -0.4 is 0 Å². The summed E-state index contributed by atoms with van der Waals surface area (Å²) >= 11 is 0. The molecule has 0 heterocycles. The Kier molecular flexibility index (Phi) is 7.33. The molecule has 0 saturated heterocycles. The zero-order valence-electron chi connectivity index (χ0n) is 8.69. The average Bonchev–Trinajstić information content (AvgIpc) is 2.21. The van der Waals surface area contributed by atoms with Gasteiger partial charge in [-0.15, -0.1) is 0 Å². The molecule has 0 aliphatic heterocycles. The van der Waals surface area contributed by atoms with Crippen LogP contribution in [-0.2, 0) is 16.0 Å². The third-order valence-corrected chi connectivity index (χ3v) is 1.66. The van der Waals surface area contributed by atoms with E-state index < -0.39 is 0 Å². The van der Waals surface area contributed by atoms with Crippen molar-refractivity contribution in [1.82, 2.24) is 0 Å². The van der Waals surface area contributed by atoms with Gasteiger partial charge in [0.15, 0.2) is 0 Å². The molecular weight excluding hydrogens is 176 g/mol. The monoisotopic (exact) mass is 192 g/mol. The fourth-order valence-electron chi connectivity index (χ4n) is 0.710. The molecule has 0 saturated carbocycles. The molecule has 0 aromatic heterocycles. The minimum absolute atomic E-state index is 0.255. The van der Waals surface area contributed by atoms with E-state index in [0.29, 0.717) is 12.8 Å². The van der Waals surface area contributed by atoms with Crippen molar-refractivity contribution in [2.45, 2.75) is 26.7 Å². The number of carbonyl (C=O) groups excluding carboxylic acids is 2. The van der Waals surface area contributed by atoms with E-state index in [2.05, 4.69) is 0 Å². The van der Waals surface area contributed by atoms with Gasteiger partial charge in [0.25, 0.3) is 0 Å². The number of hydrogen-bond donors (Lipinski definition) is 0. The number of hydrogen-bond acceptors (Lipinski definition) is 2. The van der Waals surface area contributed by atoms with E-state index in [-0.39, 0.29) is 5.78 Å². The smallest absolute Gasteiger partial charge is 0.129 e. The maximum Gasteiger partial charge on any atom is 0.129 e. The summed E-state index contributed by atoms with van der Waals surface area (Å²) in [6, 6.07) is 9.68. The van der Waals surface area contributed by atoms with E-state index in [1.54, 1.807) is 6.92 Å². The van der Waals surface area contributed by atoms with E-state index in [9.17, 15) is 9.59 Å². The second-order valence-corrected chi connectivity index (χ2v) is 2.91. The van der Waals surface area contributed by atoms with Crippen molar-refractivity contribution in [3.63, 3.8) is 0 Å². The lowest BCUT2D eigenvalue weighted by Gasteiger charge is -1.89. The lowest BCUT2D eigenvalue weighted by Crippen LogP contribution is -1.82. The molecule has 0 bridgehead atoms. The van der Waals surface area contributed by atoms with Crippen LogP contribution in [0.25, 0.3) is 0 Å².